The van der Waals surface area contributed by atoms with Gasteiger partial charge in [0.1, 0.15) is 11.3 Å². The molecule has 0 aliphatic heterocycles. The van der Waals surface area contributed by atoms with Gasteiger partial charge in [0, 0.05) is 110 Å². The van der Waals surface area contributed by atoms with Crippen LogP contribution < -0.4 is 26.8 Å². The van der Waals surface area contributed by atoms with Crippen LogP contribution in [0.2, 0.25) is 0 Å². The largest absolute Gasteiger partial charge is 0.506 e. The number of fused-ring (bicyclic) bond motifs is 5. The summed E-state index contributed by atoms with van der Waals surface area (Å²) in [5, 5.41) is 16.3. The van der Waals surface area contributed by atoms with E-state index in [-0.39, 0.29) is 60.3 Å². The maximum atomic E-state index is 13.8. The second kappa shape index (κ2) is 21.7. The summed E-state index contributed by atoms with van der Waals surface area (Å²) in [5.74, 6) is -3.47. The van der Waals surface area contributed by atoms with E-state index in [9.17, 15) is 37.0 Å². The fourth-order valence-electron chi connectivity index (χ4n) is 7.57. The molecule has 1 N–H and O–H groups in total. The van der Waals surface area contributed by atoms with Gasteiger partial charge in [0.05, 0.1) is 5.39 Å². The summed E-state index contributed by atoms with van der Waals surface area (Å²) in [6, 6.07) is 48.7. The minimum Gasteiger partial charge on any atom is -0.506 e. The molecule has 0 amide bonds. The van der Waals surface area contributed by atoms with Gasteiger partial charge in [0.15, 0.2) is 19.8 Å². The van der Waals surface area contributed by atoms with Gasteiger partial charge in [-0.25, -0.2) is 4.79 Å². The van der Waals surface area contributed by atoms with Crippen LogP contribution >= 0.6 is 14.3 Å². The third kappa shape index (κ3) is 10.1. The van der Waals surface area contributed by atoms with Crippen molar-refractivity contribution in [3.8, 4) is 5.75 Å². The molecule has 0 unspecified atom stereocenters. The number of halogens is 3. The molecule has 8 rings (SSSR count). The third-order valence-electron chi connectivity index (χ3n) is 10.6. The van der Waals surface area contributed by atoms with Gasteiger partial charge in [-0.3, -0.25) is 4.79 Å². The van der Waals surface area contributed by atoms with Crippen molar-refractivity contribution in [3.63, 3.8) is 0 Å². The normalized spacial score (nSPS) is 12.8. The van der Waals surface area contributed by atoms with Crippen molar-refractivity contribution in [3.05, 3.63) is 222 Å². The number of carbonyl (C=O) groups excluding carboxylic acids is 1. The summed E-state index contributed by atoms with van der Waals surface area (Å²) < 4.78 is 72.4. The van der Waals surface area contributed by atoms with E-state index in [4.69, 9.17) is 4.42 Å². The molecule has 7 nitrogen and oxygen atoms in total. The van der Waals surface area contributed by atoms with Gasteiger partial charge in [-0.1, -0.05) is 177 Å². The number of nitrogens with zero attached hydrogens (tertiary/aromatic N) is 1. The number of aryl methyl sites for hydroxylation is 1. The van der Waals surface area contributed by atoms with E-state index in [0.29, 0.717) is 16.3 Å². The predicted molar refractivity (Wildman–Crippen MR) is 256 cm³/mol. The monoisotopic (exact) mass is 1050 g/mol. The molecule has 2 heterocycles. The quantitative estimate of drug-likeness (QED) is 0.0668. The van der Waals surface area contributed by atoms with Gasteiger partial charge >= 0.3 is 11.8 Å². The number of aromatic nitrogens is 1. The van der Waals surface area contributed by atoms with Crippen molar-refractivity contribution in [1.29, 1.82) is 0 Å². The number of allylic oxidation sites excluding steroid dienone is 6. The molecule has 0 aliphatic carbocycles. The second-order valence-corrected chi connectivity index (χ2v) is 19.8. The third-order valence-corrected chi connectivity index (χ3v) is 17.1. The number of para-hydroxylation sites is 1. The molecule has 0 saturated carbocycles. The number of Topliss-reactive ketones (excluding diaryl/α,β-unsaturated/α-hetero) is 1. The first kappa shape index (κ1) is 50.6. The summed E-state index contributed by atoms with van der Waals surface area (Å²) in [6.07, 6.45) is 1.73. The van der Waals surface area contributed by atoms with Crippen molar-refractivity contribution in [2.75, 3.05) is 0 Å². The van der Waals surface area contributed by atoms with Crippen LogP contribution in [-0.4, -0.2) is 21.6 Å². The molecule has 8 aromatic rings. The van der Waals surface area contributed by atoms with E-state index in [0.717, 1.165) is 37.4 Å². The summed E-state index contributed by atoms with van der Waals surface area (Å²) >= 11 is 0. The molecule has 0 aliphatic rings. The molecule has 0 bridgehead atoms. The fraction of sp³-hybridized carbons (Fsp3) is 0.0769. The van der Waals surface area contributed by atoms with Crippen LogP contribution in [0.4, 0.5) is 13.2 Å². The van der Waals surface area contributed by atoms with Gasteiger partial charge < -0.3 is 23.2 Å². The molecular formula is C52H44EuF3NO6P2. The topological polar surface area (TPSA) is 107 Å². The maximum absolute atomic E-state index is 13.8. The van der Waals surface area contributed by atoms with E-state index in [2.05, 4.69) is 13.2 Å². The van der Waals surface area contributed by atoms with Gasteiger partial charge in [-0.05, 0) is 32.0 Å². The number of alkyl halides is 3. The molecule has 13 heteroatoms. The van der Waals surface area contributed by atoms with Crippen molar-refractivity contribution in [2.45, 2.75) is 20.0 Å². The smallest absolute Gasteiger partial charge is 0.455 e. The van der Waals surface area contributed by atoms with Crippen molar-refractivity contribution < 1.29 is 86.0 Å². The Labute approximate surface area is 415 Å². The fourth-order valence-corrected chi connectivity index (χ4v) is 13.0. The molecule has 331 valence electrons. The van der Waals surface area contributed by atoms with Crippen molar-refractivity contribution in [2.24, 2.45) is 7.05 Å². The van der Waals surface area contributed by atoms with Crippen LogP contribution in [0.5, 0.6) is 5.75 Å². The molecule has 1 radical (unpaired) electrons. The summed E-state index contributed by atoms with van der Waals surface area (Å²) in [7, 11) is -3.82. The maximum Gasteiger partial charge on any atom is 0.455 e. The Morgan fingerprint density at radius 1 is 0.631 bits per heavy atom. The molecule has 6 aromatic carbocycles. The summed E-state index contributed by atoms with van der Waals surface area (Å²) in [4.78, 5) is 23.5. The van der Waals surface area contributed by atoms with Crippen molar-refractivity contribution >= 4 is 74.1 Å². The van der Waals surface area contributed by atoms with Crippen LogP contribution in [-0.2, 0) is 16.2 Å². The van der Waals surface area contributed by atoms with E-state index in [1.54, 1.807) is 54.1 Å². The average Bonchev–Trinajstić information content (AvgIpc) is 3.61. The first-order valence-corrected chi connectivity index (χ1v) is 23.4. The van der Waals surface area contributed by atoms with E-state index in [1.807, 2.05) is 147 Å². The first-order valence-electron chi connectivity index (χ1n) is 20.0. The zero-order valence-electron chi connectivity index (χ0n) is 35.6. The van der Waals surface area contributed by atoms with E-state index in [1.165, 1.54) is 6.07 Å². The standard InChI is InChI=1S/C18H10F3NO4.C18H15OP.C16H19OP.Eu/c1-22-9-5-3-2-4-8(9)12-10(22)6-7-11-13(12)15(23)14(17(25)26-11)16(24)18(19,20)21;19-20(16-10-4-1-5-11-16,17-12-6-2-7-13-17)18-14-8-3-9-15-18;1-5-14(6-2)18(17,15(7-3)8-4)16-12-10-9-11-13-16;/h2-7,23H,1H3;1-15H;5-13H,1,3H2,2,4H3;/b;;14-6+,15-8+;. The Bertz CT molecular complexity index is 3090. The van der Waals surface area contributed by atoms with Gasteiger partial charge in [0.2, 0.25) is 0 Å². The van der Waals surface area contributed by atoms with Crippen LogP contribution in [0.1, 0.15) is 24.2 Å². The molecule has 0 spiro atoms. The Kier molecular flexibility index (Phi) is 16.9. The minimum atomic E-state index is -5.31. The Morgan fingerprint density at radius 3 is 1.46 bits per heavy atom. The summed E-state index contributed by atoms with van der Waals surface area (Å²) in [5.41, 5.74) is -1.67. The molecule has 0 saturated heterocycles. The van der Waals surface area contributed by atoms with Crippen LogP contribution in [0.3, 0.4) is 0 Å². The Morgan fingerprint density at radius 2 is 1.05 bits per heavy atom. The first-order chi connectivity index (χ1) is 30.7. The van der Waals surface area contributed by atoms with Crippen LogP contribution in [0, 0.1) is 49.4 Å². The van der Waals surface area contributed by atoms with Gasteiger partial charge in [-0.15, -0.1) is 0 Å². The van der Waals surface area contributed by atoms with E-state index < -0.39 is 43.2 Å². The number of benzene rings is 6. The van der Waals surface area contributed by atoms with Crippen LogP contribution in [0.25, 0.3) is 32.8 Å². The molecular weight excluding hydrogens is 1010 g/mol. The Balaban J connectivity index is 0.000000186. The zero-order chi connectivity index (χ0) is 46.2. The number of rotatable bonds is 9. The second-order valence-electron chi connectivity index (χ2n) is 14.2. The van der Waals surface area contributed by atoms with Gasteiger partial charge in [-0.2, -0.15) is 13.2 Å². The van der Waals surface area contributed by atoms with Gasteiger partial charge in [0.25, 0.3) is 5.78 Å². The molecule has 65 heavy (non-hydrogen) atoms. The molecule has 2 aromatic heterocycles. The molecule has 0 fully saturated rings. The average molecular weight is 1050 g/mol. The zero-order valence-corrected chi connectivity index (χ0v) is 39.8. The number of hydrogen-bond acceptors (Lipinski definition) is 6. The predicted octanol–water partition coefficient (Wildman–Crippen LogP) is 12.1. The number of hydrogen-bond donors (Lipinski definition) is 1. The van der Waals surface area contributed by atoms with Crippen molar-refractivity contribution in [1.82, 2.24) is 4.57 Å². The minimum absolute atomic E-state index is 0. The number of carbonyl (C=O) groups is 1. The Hall–Kier alpha value is -5.41. The van der Waals surface area contributed by atoms with E-state index >= 15 is 0 Å². The van der Waals surface area contributed by atoms with Crippen LogP contribution in [0.15, 0.2) is 215 Å². The number of aromatic hydroxyl groups is 1. The molecule has 0 atom stereocenters. The summed E-state index contributed by atoms with van der Waals surface area (Å²) in [6.45, 7) is 11.3. The SMILES string of the molecule is C=C/C(=C\C)P(=O)(/C(C=C)=C/C)c1ccccc1.Cn1c2ccccc2c2c3c(O)c(C(=O)C(F)(F)F)c(=O)oc3ccc21.O=P(c1ccccc1)(c1ccccc1)c1ccccc1.[Eu]. The number of ketones is 1.